The molecule has 6 heteroatoms. The van der Waals surface area contributed by atoms with Gasteiger partial charge in [0.05, 0.1) is 23.1 Å². The second-order valence-electron chi connectivity index (χ2n) is 3.84. The number of aromatic carboxylic acids is 1. The summed E-state index contributed by atoms with van der Waals surface area (Å²) in [6, 6.07) is 3.18. The predicted molar refractivity (Wildman–Crippen MR) is 67.1 cm³/mol. The number of carboxylic acid groups (broad SMARTS) is 1. The summed E-state index contributed by atoms with van der Waals surface area (Å²) in [6.45, 7) is 4.47. The van der Waals surface area contributed by atoms with Crippen LogP contribution in [0.25, 0.3) is 0 Å². The lowest BCUT2D eigenvalue weighted by molar-refractivity contribution is 0.0695. The lowest BCUT2D eigenvalue weighted by Gasteiger charge is -2.05. The van der Waals surface area contributed by atoms with Crippen LogP contribution in [-0.4, -0.2) is 25.8 Å². The highest BCUT2D eigenvalue weighted by molar-refractivity contribution is 5.89. The molecule has 0 radical (unpaired) electrons. The topological polar surface area (TPSA) is 80.0 Å². The third kappa shape index (κ3) is 2.48. The highest BCUT2D eigenvalue weighted by Gasteiger charge is 2.08. The van der Waals surface area contributed by atoms with Gasteiger partial charge in [0.2, 0.25) is 0 Å². The fourth-order valence-electron chi connectivity index (χ4n) is 1.61. The maximum absolute atomic E-state index is 10.9. The molecular weight excluding hydrogens is 232 g/mol. The Labute approximate surface area is 104 Å². The number of nitrogens with zero attached hydrogens (tertiary/aromatic N) is 3. The standard InChI is InChI=1S/C12H14N4O2/c1-3-16-7-9(6-13-16)15-11-5-4-10(12(17)18)8(2)14-11/h4-7H,3H2,1-2H3,(H,14,15)(H,17,18). The molecule has 2 N–H and O–H groups in total. The minimum atomic E-state index is -0.967. The SMILES string of the molecule is CCn1cc(Nc2ccc(C(=O)O)c(C)n2)cn1. The molecular formula is C12H14N4O2. The van der Waals surface area contributed by atoms with Gasteiger partial charge in [-0.05, 0) is 26.0 Å². The molecule has 0 fully saturated rings. The van der Waals surface area contributed by atoms with Crippen molar-refractivity contribution in [1.82, 2.24) is 14.8 Å². The Morgan fingerprint density at radius 1 is 1.50 bits per heavy atom. The number of rotatable bonds is 4. The molecule has 6 nitrogen and oxygen atoms in total. The zero-order valence-corrected chi connectivity index (χ0v) is 10.2. The third-order valence-electron chi connectivity index (χ3n) is 2.55. The molecule has 0 spiro atoms. The van der Waals surface area contributed by atoms with Crippen molar-refractivity contribution >= 4 is 17.5 Å². The molecule has 18 heavy (non-hydrogen) atoms. The monoisotopic (exact) mass is 246 g/mol. The van der Waals surface area contributed by atoms with E-state index in [-0.39, 0.29) is 5.56 Å². The first-order valence-corrected chi connectivity index (χ1v) is 5.60. The van der Waals surface area contributed by atoms with E-state index < -0.39 is 5.97 Å². The summed E-state index contributed by atoms with van der Waals surface area (Å²) in [6.07, 6.45) is 3.56. The number of anilines is 2. The second kappa shape index (κ2) is 4.87. The van der Waals surface area contributed by atoms with Crippen LogP contribution in [0.3, 0.4) is 0 Å². The van der Waals surface area contributed by atoms with Crippen LogP contribution in [0, 0.1) is 6.92 Å². The van der Waals surface area contributed by atoms with E-state index >= 15 is 0 Å². The van der Waals surface area contributed by atoms with E-state index in [1.54, 1.807) is 23.9 Å². The van der Waals surface area contributed by atoms with E-state index in [1.165, 1.54) is 6.07 Å². The molecule has 0 aliphatic carbocycles. The summed E-state index contributed by atoms with van der Waals surface area (Å²) < 4.78 is 1.79. The molecule has 0 unspecified atom stereocenters. The summed E-state index contributed by atoms with van der Waals surface area (Å²) in [5.74, 6) is -0.362. The normalized spacial score (nSPS) is 10.3. The first-order chi connectivity index (χ1) is 8.60. The van der Waals surface area contributed by atoms with Crippen molar-refractivity contribution in [3.8, 4) is 0 Å². The number of carboxylic acids is 1. The molecule has 0 saturated carbocycles. The van der Waals surface area contributed by atoms with Gasteiger partial charge in [-0.15, -0.1) is 0 Å². The maximum atomic E-state index is 10.9. The van der Waals surface area contributed by atoms with Crippen LogP contribution >= 0.6 is 0 Å². The summed E-state index contributed by atoms with van der Waals surface area (Å²) in [4.78, 5) is 15.1. The average Bonchev–Trinajstić information content (AvgIpc) is 2.76. The highest BCUT2D eigenvalue weighted by Crippen LogP contribution is 2.16. The van der Waals surface area contributed by atoms with Crippen LogP contribution in [0.15, 0.2) is 24.5 Å². The minimum absolute atomic E-state index is 0.213. The van der Waals surface area contributed by atoms with Crippen molar-refractivity contribution in [3.05, 3.63) is 35.8 Å². The summed E-state index contributed by atoms with van der Waals surface area (Å²) >= 11 is 0. The molecule has 0 aliphatic heterocycles. The predicted octanol–water partition coefficient (Wildman–Crippen LogP) is 2.05. The second-order valence-corrected chi connectivity index (χ2v) is 3.84. The lowest BCUT2D eigenvalue weighted by Crippen LogP contribution is -2.03. The number of pyridine rings is 1. The number of aryl methyl sites for hydroxylation is 2. The Morgan fingerprint density at radius 3 is 2.83 bits per heavy atom. The molecule has 0 saturated heterocycles. The molecule has 0 aromatic carbocycles. The third-order valence-corrected chi connectivity index (χ3v) is 2.55. The van der Waals surface area contributed by atoms with Crippen LogP contribution in [0.5, 0.6) is 0 Å². The zero-order chi connectivity index (χ0) is 13.1. The molecule has 0 amide bonds. The van der Waals surface area contributed by atoms with Crippen molar-refractivity contribution in [1.29, 1.82) is 0 Å². The van der Waals surface area contributed by atoms with Crippen LogP contribution in [0.2, 0.25) is 0 Å². The molecule has 2 aromatic rings. The van der Waals surface area contributed by atoms with Crippen LogP contribution in [0.4, 0.5) is 11.5 Å². The fraction of sp³-hybridized carbons (Fsp3) is 0.250. The van der Waals surface area contributed by atoms with E-state index in [4.69, 9.17) is 5.11 Å². The molecule has 2 rings (SSSR count). The van der Waals surface area contributed by atoms with Crippen molar-refractivity contribution in [2.75, 3.05) is 5.32 Å². The van der Waals surface area contributed by atoms with Crippen LogP contribution in [-0.2, 0) is 6.54 Å². The van der Waals surface area contributed by atoms with E-state index in [0.717, 1.165) is 12.2 Å². The first kappa shape index (κ1) is 12.1. The Morgan fingerprint density at radius 2 is 2.28 bits per heavy atom. The van der Waals surface area contributed by atoms with Gasteiger partial charge in [-0.3, -0.25) is 4.68 Å². The summed E-state index contributed by atoms with van der Waals surface area (Å²) in [7, 11) is 0. The molecule has 94 valence electrons. The lowest BCUT2D eigenvalue weighted by atomic mass is 10.2. The molecule has 2 aromatic heterocycles. The van der Waals surface area contributed by atoms with Gasteiger partial charge >= 0.3 is 5.97 Å². The number of aromatic nitrogens is 3. The Hall–Kier alpha value is -2.37. The van der Waals surface area contributed by atoms with Crippen LogP contribution in [0.1, 0.15) is 23.0 Å². The van der Waals surface area contributed by atoms with Crippen molar-refractivity contribution < 1.29 is 9.90 Å². The highest BCUT2D eigenvalue weighted by atomic mass is 16.4. The van der Waals surface area contributed by atoms with Crippen molar-refractivity contribution in [3.63, 3.8) is 0 Å². The zero-order valence-electron chi connectivity index (χ0n) is 10.2. The van der Waals surface area contributed by atoms with Gasteiger partial charge in [0, 0.05) is 12.7 Å². The van der Waals surface area contributed by atoms with Crippen LogP contribution < -0.4 is 5.32 Å². The Balaban J connectivity index is 2.19. The number of carbonyl (C=O) groups is 1. The van der Waals surface area contributed by atoms with E-state index in [9.17, 15) is 4.79 Å². The van der Waals surface area contributed by atoms with Gasteiger partial charge in [0.25, 0.3) is 0 Å². The van der Waals surface area contributed by atoms with E-state index in [1.807, 2.05) is 13.1 Å². The average molecular weight is 246 g/mol. The summed E-state index contributed by atoms with van der Waals surface area (Å²) in [5, 5.41) is 16.1. The largest absolute Gasteiger partial charge is 0.478 e. The van der Waals surface area contributed by atoms with Gasteiger partial charge in [-0.2, -0.15) is 5.10 Å². The molecule has 0 aliphatic rings. The Kier molecular flexibility index (Phi) is 3.27. The van der Waals surface area contributed by atoms with Gasteiger partial charge in [-0.1, -0.05) is 0 Å². The van der Waals surface area contributed by atoms with Gasteiger partial charge in [-0.25, -0.2) is 9.78 Å². The van der Waals surface area contributed by atoms with Gasteiger partial charge in [0.1, 0.15) is 5.82 Å². The minimum Gasteiger partial charge on any atom is -0.478 e. The molecule has 0 bridgehead atoms. The van der Waals surface area contributed by atoms with Gasteiger partial charge in [0.15, 0.2) is 0 Å². The quantitative estimate of drug-likeness (QED) is 0.863. The smallest absolute Gasteiger partial charge is 0.337 e. The van der Waals surface area contributed by atoms with Crippen molar-refractivity contribution in [2.24, 2.45) is 0 Å². The molecule has 2 heterocycles. The number of hydrogen-bond acceptors (Lipinski definition) is 4. The van der Waals surface area contributed by atoms with E-state index in [0.29, 0.717) is 11.5 Å². The Bertz CT molecular complexity index is 577. The molecule has 0 atom stereocenters. The van der Waals surface area contributed by atoms with Gasteiger partial charge < -0.3 is 10.4 Å². The van der Waals surface area contributed by atoms with E-state index in [2.05, 4.69) is 15.4 Å². The number of hydrogen-bond donors (Lipinski definition) is 2. The number of nitrogens with one attached hydrogen (secondary N) is 1. The maximum Gasteiger partial charge on any atom is 0.337 e. The first-order valence-electron chi connectivity index (χ1n) is 5.60. The summed E-state index contributed by atoms with van der Waals surface area (Å²) in [5.41, 5.74) is 1.52. The fourth-order valence-corrected chi connectivity index (χ4v) is 1.61. The van der Waals surface area contributed by atoms with Crippen molar-refractivity contribution in [2.45, 2.75) is 20.4 Å².